The van der Waals surface area contributed by atoms with E-state index in [0.29, 0.717) is 0 Å². The minimum atomic E-state index is 0.160. The van der Waals surface area contributed by atoms with E-state index >= 15 is 0 Å². The lowest BCUT2D eigenvalue weighted by molar-refractivity contribution is -0.113. The van der Waals surface area contributed by atoms with Crippen LogP contribution in [0.2, 0.25) is 0 Å². The molecule has 1 aliphatic rings. The molecule has 1 aromatic rings. The molecule has 0 aliphatic heterocycles. The second-order valence-corrected chi connectivity index (χ2v) is 5.97. The molecule has 0 heterocycles. The van der Waals surface area contributed by atoms with Crippen molar-refractivity contribution < 1.29 is 4.79 Å². The van der Waals surface area contributed by atoms with Crippen molar-refractivity contribution in [3.05, 3.63) is 40.5 Å². The maximum atomic E-state index is 11.5. The van der Waals surface area contributed by atoms with E-state index in [1.54, 1.807) is 6.92 Å². The predicted octanol–water partition coefficient (Wildman–Crippen LogP) is 4.07. The fourth-order valence-corrected chi connectivity index (χ4v) is 2.41. The Bertz CT molecular complexity index is 501. The summed E-state index contributed by atoms with van der Waals surface area (Å²) in [5, 5.41) is 0. The van der Waals surface area contributed by atoms with Gasteiger partial charge in [-0.1, -0.05) is 45.9 Å². The van der Waals surface area contributed by atoms with Crippen LogP contribution in [0.4, 0.5) is 0 Å². The summed E-state index contributed by atoms with van der Waals surface area (Å²) < 4.78 is 0. The molecule has 1 nitrogen and oxygen atoms in total. The maximum Gasteiger partial charge on any atom is 0.156 e. The molecule has 0 bridgehead atoms. The van der Waals surface area contributed by atoms with Crippen LogP contribution in [0.1, 0.15) is 57.2 Å². The number of hydrogen-bond donors (Lipinski definition) is 0. The summed E-state index contributed by atoms with van der Waals surface area (Å²) in [4.78, 5) is 11.5. The Hall–Kier alpha value is -1.37. The molecular formula is C16H20O. The number of Topliss-reactive ketones (excluding diaryl/α,β-unsaturated/α-hetero) is 1. The Morgan fingerprint density at radius 2 is 1.88 bits per heavy atom. The SMILES string of the molecule is CC(=O)C1=Cc2ccc(C(C)(C)C)cc2C1C. The molecule has 17 heavy (non-hydrogen) atoms. The normalized spacial score (nSPS) is 18.9. The van der Waals surface area contributed by atoms with Crippen LogP contribution in [-0.2, 0) is 10.2 Å². The summed E-state index contributed by atoms with van der Waals surface area (Å²) in [5.74, 6) is 0.427. The number of carbonyl (C=O) groups excluding carboxylic acids is 1. The van der Waals surface area contributed by atoms with E-state index in [2.05, 4.69) is 45.9 Å². The van der Waals surface area contributed by atoms with Crippen molar-refractivity contribution in [2.75, 3.05) is 0 Å². The Morgan fingerprint density at radius 1 is 1.24 bits per heavy atom. The molecular weight excluding hydrogens is 208 g/mol. The van der Waals surface area contributed by atoms with E-state index in [0.717, 1.165) is 5.57 Å². The topological polar surface area (TPSA) is 17.1 Å². The van der Waals surface area contributed by atoms with Crippen molar-refractivity contribution in [1.82, 2.24) is 0 Å². The first kappa shape index (κ1) is 12.1. The van der Waals surface area contributed by atoms with Gasteiger partial charge < -0.3 is 0 Å². The molecule has 1 atom stereocenters. The molecule has 0 spiro atoms. The van der Waals surface area contributed by atoms with Crippen LogP contribution >= 0.6 is 0 Å². The lowest BCUT2D eigenvalue weighted by atomic mass is 9.84. The van der Waals surface area contributed by atoms with Gasteiger partial charge in [0.15, 0.2) is 5.78 Å². The molecule has 1 aliphatic carbocycles. The maximum absolute atomic E-state index is 11.5. The molecule has 90 valence electrons. The minimum absolute atomic E-state index is 0.160. The van der Waals surface area contributed by atoms with Crippen molar-refractivity contribution in [3.63, 3.8) is 0 Å². The van der Waals surface area contributed by atoms with Crippen molar-refractivity contribution >= 4 is 11.9 Å². The van der Waals surface area contributed by atoms with Gasteiger partial charge in [-0.3, -0.25) is 4.79 Å². The molecule has 0 saturated heterocycles. The number of rotatable bonds is 1. The van der Waals surface area contributed by atoms with Crippen LogP contribution in [0, 0.1) is 0 Å². The average molecular weight is 228 g/mol. The highest BCUT2D eigenvalue weighted by atomic mass is 16.1. The van der Waals surface area contributed by atoms with Gasteiger partial charge in [0.05, 0.1) is 0 Å². The first-order valence-corrected chi connectivity index (χ1v) is 6.17. The zero-order valence-electron chi connectivity index (χ0n) is 11.3. The molecule has 0 amide bonds. The Labute approximate surface area is 104 Å². The molecule has 0 fully saturated rings. The third-order valence-corrected chi connectivity index (χ3v) is 3.60. The highest BCUT2D eigenvalue weighted by Crippen LogP contribution is 2.38. The van der Waals surface area contributed by atoms with Crippen molar-refractivity contribution in [2.24, 2.45) is 0 Å². The van der Waals surface area contributed by atoms with E-state index in [-0.39, 0.29) is 17.1 Å². The summed E-state index contributed by atoms with van der Waals surface area (Å²) in [5.41, 5.74) is 4.93. The lowest BCUT2D eigenvalue weighted by Gasteiger charge is -2.21. The second-order valence-electron chi connectivity index (χ2n) is 5.97. The summed E-state index contributed by atoms with van der Waals surface area (Å²) in [6.45, 7) is 10.4. The number of carbonyl (C=O) groups is 1. The smallest absolute Gasteiger partial charge is 0.156 e. The number of fused-ring (bicyclic) bond motifs is 1. The first-order valence-electron chi connectivity index (χ1n) is 6.17. The van der Waals surface area contributed by atoms with Crippen LogP contribution in [0.5, 0.6) is 0 Å². The third kappa shape index (κ3) is 2.06. The van der Waals surface area contributed by atoms with Crippen LogP contribution < -0.4 is 0 Å². The largest absolute Gasteiger partial charge is 0.295 e. The van der Waals surface area contributed by atoms with Gasteiger partial charge in [0.25, 0.3) is 0 Å². The highest BCUT2D eigenvalue weighted by molar-refractivity contribution is 6.01. The monoisotopic (exact) mass is 228 g/mol. The van der Waals surface area contributed by atoms with Crippen LogP contribution in [0.25, 0.3) is 6.08 Å². The van der Waals surface area contributed by atoms with Crippen LogP contribution in [0.15, 0.2) is 23.8 Å². The van der Waals surface area contributed by atoms with Gasteiger partial charge in [-0.05, 0) is 35.1 Å². The Morgan fingerprint density at radius 3 is 2.41 bits per heavy atom. The van der Waals surface area contributed by atoms with Gasteiger partial charge in [-0.2, -0.15) is 0 Å². The number of ketones is 1. The highest BCUT2D eigenvalue weighted by Gasteiger charge is 2.25. The molecule has 0 radical (unpaired) electrons. The Balaban J connectivity index is 2.47. The lowest BCUT2D eigenvalue weighted by Crippen LogP contribution is -2.12. The Kier molecular flexibility index (Phi) is 2.73. The number of benzene rings is 1. The molecule has 1 unspecified atom stereocenters. The average Bonchev–Trinajstić information content (AvgIpc) is 2.54. The molecule has 1 heteroatoms. The first-order chi connectivity index (χ1) is 7.80. The molecule has 0 N–H and O–H groups in total. The van der Waals surface area contributed by atoms with Gasteiger partial charge in [0.2, 0.25) is 0 Å². The van der Waals surface area contributed by atoms with E-state index in [9.17, 15) is 4.79 Å². The van der Waals surface area contributed by atoms with Gasteiger partial charge in [0.1, 0.15) is 0 Å². The fraction of sp³-hybridized carbons (Fsp3) is 0.438. The van der Waals surface area contributed by atoms with Gasteiger partial charge in [-0.15, -0.1) is 0 Å². The molecule has 1 aromatic carbocycles. The van der Waals surface area contributed by atoms with Gasteiger partial charge in [-0.25, -0.2) is 0 Å². The minimum Gasteiger partial charge on any atom is -0.295 e. The van der Waals surface area contributed by atoms with E-state index in [4.69, 9.17) is 0 Å². The fourth-order valence-electron chi connectivity index (χ4n) is 2.41. The molecule has 2 rings (SSSR count). The van der Waals surface area contributed by atoms with E-state index in [1.807, 2.05) is 6.08 Å². The summed E-state index contributed by atoms with van der Waals surface area (Å²) in [7, 11) is 0. The van der Waals surface area contributed by atoms with Gasteiger partial charge >= 0.3 is 0 Å². The quantitative estimate of drug-likeness (QED) is 0.708. The van der Waals surface area contributed by atoms with Crippen molar-refractivity contribution in [1.29, 1.82) is 0 Å². The standard InChI is InChI=1S/C16H20O/c1-10-14(11(2)17)8-12-6-7-13(9-15(10)12)16(3,4)5/h6-10H,1-5H3. The number of allylic oxidation sites excluding steroid dienone is 1. The molecule has 0 saturated carbocycles. The zero-order chi connectivity index (χ0) is 12.8. The molecule has 0 aromatic heterocycles. The summed E-state index contributed by atoms with van der Waals surface area (Å²) in [6.07, 6.45) is 2.04. The summed E-state index contributed by atoms with van der Waals surface area (Å²) >= 11 is 0. The van der Waals surface area contributed by atoms with Gasteiger partial charge in [0, 0.05) is 11.5 Å². The predicted molar refractivity (Wildman–Crippen MR) is 72.2 cm³/mol. The number of hydrogen-bond acceptors (Lipinski definition) is 1. The van der Waals surface area contributed by atoms with Crippen LogP contribution in [0.3, 0.4) is 0 Å². The van der Waals surface area contributed by atoms with Crippen molar-refractivity contribution in [2.45, 2.75) is 46.0 Å². The van der Waals surface area contributed by atoms with Crippen LogP contribution in [-0.4, -0.2) is 5.78 Å². The van der Waals surface area contributed by atoms with Crippen molar-refractivity contribution in [3.8, 4) is 0 Å². The second kappa shape index (κ2) is 3.83. The van der Waals surface area contributed by atoms with E-state index < -0.39 is 0 Å². The van der Waals surface area contributed by atoms with E-state index in [1.165, 1.54) is 16.7 Å². The third-order valence-electron chi connectivity index (χ3n) is 3.60. The summed E-state index contributed by atoms with van der Waals surface area (Å²) in [6, 6.07) is 6.57. The zero-order valence-corrected chi connectivity index (χ0v) is 11.3.